The monoisotopic (exact) mass is 238 g/mol. The van der Waals surface area contributed by atoms with Crippen LogP contribution in [0.1, 0.15) is 39.3 Å². The summed E-state index contributed by atoms with van der Waals surface area (Å²) >= 11 is 0. The van der Waals surface area contributed by atoms with E-state index in [1.165, 1.54) is 12.1 Å². The maximum atomic E-state index is 12.8. The summed E-state index contributed by atoms with van der Waals surface area (Å²) in [6, 6.07) is 6.90. The van der Waals surface area contributed by atoms with Crippen LogP contribution in [0.5, 0.6) is 0 Å². The van der Waals surface area contributed by atoms with Crippen molar-refractivity contribution in [3.8, 4) is 0 Å². The zero-order valence-electron chi connectivity index (χ0n) is 11.2. The van der Waals surface area contributed by atoms with E-state index in [9.17, 15) is 4.39 Å². The second kappa shape index (κ2) is 6.12. The van der Waals surface area contributed by atoms with Crippen molar-refractivity contribution >= 4 is 0 Å². The van der Waals surface area contributed by atoms with Gasteiger partial charge in [0.1, 0.15) is 5.82 Å². The smallest absolute Gasteiger partial charge is 0.123 e. The summed E-state index contributed by atoms with van der Waals surface area (Å²) in [6.45, 7) is 10.4. The van der Waals surface area contributed by atoms with Crippen molar-refractivity contribution in [3.63, 3.8) is 0 Å². The van der Waals surface area contributed by atoms with Crippen LogP contribution in [0.3, 0.4) is 0 Å². The minimum absolute atomic E-state index is 0.154. The summed E-state index contributed by atoms with van der Waals surface area (Å²) in [6.07, 6.45) is 0. The Kier molecular flexibility index (Phi) is 5.09. The van der Waals surface area contributed by atoms with Gasteiger partial charge < -0.3 is 10.6 Å². The van der Waals surface area contributed by atoms with Crippen molar-refractivity contribution in [2.75, 3.05) is 13.1 Å². The summed E-state index contributed by atoms with van der Waals surface area (Å²) in [7, 11) is 0. The van der Waals surface area contributed by atoms with Crippen LogP contribution in [0.25, 0.3) is 0 Å². The molecule has 1 aromatic carbocycles. The minimum atomic E-state index is -0.185. The molecule has 3 heteroatoms. The number of benzene rings is 1. The van der Waals surface area contributed by atoms with Crippen LogP contribution in [0, 0.1) is 5.82 Å². The standard InChI is InChI=1S/C14H23FN2/c1-11(12-5-7-13(15)8-6-12)16-9-10-17-14(2,3)4/h5-8,11,16-17H,9-10H2,1-4H3/t11-/m1/s1. The molecule has 0 saturated heterocycles. The molecule has 0 aliphatic rings. The first kappa shape index (κ1) is 14.1. The third-order valence-electron chi connectivity index (χ3n) is 2.60. The maximum Gasteiger partial charge on any atom is 0.123 e. The van der Waals surface area contributed by atoms with Gasteiger partial charge in [-0.05, 0) is 45.4 Å². The Morgan fingerprint density at radius 3 is 2.24 bits per heavy atom. The molecule has 2 nitrogen and oxygen atoms in total. The first-order chi connectivity index (χ1) is 7.88. The molecule has 1 aromatic rings. The quantitative estimate of drug-likeness (QED) is 0.771. The Labute approximate surface area is 104 Å². The van der Waals surface area contributed by atoms with Gasteiger partial charge >= 0.3 is 0 Å². The van der Waals surface area contributed by atoms with Crippen LogP contribution in [0.2, 0.25) is 0 Å². The van der Waals surface area contributed by atoms with E-state index in [-0.39, 0.29) is 17.4 Å². The topological polar surface area (TPSA) is 24.1 Å². The lowest BCUT2D eigenvalue weighted by Crippen LogP contribution is -2.40. The Morgan fingerprint density at radius 2 is 1.71 bits per heavy atom. The number of hydrogen-bond donors (Lipinski definition) is 2. The molecular formula is C14H23FN2. The van der Waals surface area contributed by atoms with E-state index in [1.54, 1.807) is 0 Å². The van der Waals surface area contributed by atoms with Gasteiger partial charge in [-0.15, -0.1) is 0 Å². The Bertz CT molecular complexity index is 327. The average Bonchev–Trinajstić information content (AvgIpc) is 2.24. The fourth-order valence-corrected chi connectivity index (χ4v) is 1.60. The molecule has 0 heterocycles. The lowest BCUT2D eigenvalue weighted by Gasteiger charge is -2.22. The molecule has 2 N–H and O–H groups in total. The highest BCUT2D eigenvalue weighted by atomic mass is 19.1. The van der Waals surface area contributed by atoms with Gasteiger partial charge in [-0.25, -0.2) is 4.39 Å². The summed E-state index contributed by atoms with van der Waals surface area (Å²) in [4.78, 5) is 0. The normalized spacial score (nSPS) is 13.7. The van der Waals surface area contributed by atoms with E-state index < -0.39 is 0 Å². The van der Waals surface area contributed by atoms with E-state index in [1.807, 2.05) is 12.1 Å². The van der Waals surface area contributed by atoms with Gasteiger partial charge in [0, 0.05) is 24.7 Å². The molecule has 1 rings (SSSR count). The first-order valence-corrected chi connectivity index (χ1v) is 6.12. The predicted molar refractivity (Wildman–Crippen MR) is 70.6 cm³/mol. The molecule has 0 radical (unpaired) electrons. The Balaban J connectivity index is 2.30. The lowest BCUT2D eigenvalue weighted by atomic mass is 10.1. The highest BCUT2D eigenvalue weighted by Gasteiger charge is 2.08. The van der Waals surface area contributed by atoms with Crippen molar-refractivity contribution < 1.29 is 4.39 Å². The van der Waals surface area contributed by atoms with Gasteiger partial charge in [0.25, 0.3) is 0 Å². The van der Waals surface area contributed by atoms with E-state index in [0.29, 0.717) is 0 Å². The van der Waals surface area contributed by atoms with Crippen LogP contribution in [0.15, 0.2) is 24.3 Å². The number of nitrogens with one attached hydrogen (secondary N) is 2. The maximum absolute atomic E-state index is 12.8. The van der Waals surface area contributed by atoms with Crippen molar-refractivity contribution in [2.45, 2.75) is 39.3 Å². The highest BCUT2D eigenvalue weighted by Crippen LogP contribution is 2.12. The van der Waals surface area contributed by atoms with Crippen LogP contribution < -0.4 is 10.6 Å². The summed E-state index contributed by atoms with van der Waals surface area (Å²) in [5, 5.41) is 6.82. The molecule has 0 amide bonds. The fraction of sp³-hybridized carbons (Fsp3) is 0.571. The second-order valence-corrected chi connectivity index (χ2v) is 5.40. The van der Waals surface area contributed by atoms with Gasteiger partial charge in [0.05, 0.1) is 0 Å². The van der Waals surface area contributed by atoms with Crippen molar-refractivity contribution in [1.29, 1.82) is 0 Å². The molecule has 17 heavy (non-hydrogen) atoms. The fourth-order valence-electron chi connectivity index (χ4n) is 1.60. The van der Waals surface area contributed by atoms with E-state index in [4.69, 9.17) is 0 Å². The predicted octanol–water partition coefficient (Wildman–Crippen LogP) is 2.86. The lowest BCUT2D eigenvalue weighted by molar-refractivity contribution is 0.414. The molecule has 0 aromatic heterocycles. The Hall–Kier alpha value is -0.930. The van der Waals surface area contributed by atoms with Crippen molar-refractivity contribution in [2.24, 2.45) is 0 Å². The molecule has 1 atom stereocenters. The third-order valence-corrected chi connectivity index (χ3v) is 2.60. The molecule has 96 valence electrons. The molecule has 0 saturated carbocycles. The molecular weight excluding hydrogens is 215 g/mol. The number of halogens is 1. The largest absolute Gasteiger partial charge is 0.311 e. The summed E-state index contributed by atoms with van der Waals surface area (Å²) < 4.78 is 12.8. The van der Waals surface area contributed by atoms with Gasteiger partial charge in [-0.2, -0.15) is 0 Å². The molecule has 0 fully saturated rings. The van der Waals surface area contributed by atoms with E-state index in [2.05, 4.69) is 38.3 Å². The van der Waals surface area contributed by atoms with Gasteiger partial charge in [0.15, 0.2) is 0 Å². The number of hydrogen-bond acceptors (Lipinski definition) is 2. The highest BCUT2D eigenvalue weighted by molar-refractivity contribution is 5.19. The molecule has 0 bridgehead atoms. The second-order valence-electron chi connectivity index (χ2n) is 5.40. The Morgan fingerprint density at radius 1 is 1.12 bits per heavy atom. The third kappa shape index (κ3) is 5.80. The van der Waals surface area contributed by atoms with Gasteiger partial charge in [0.2, 0.25) is 0 Å². The molecule has 0 aliphatic heterocycles. The molecule has 0 spiro atoms. The van der Waals surface area contributed by atoms with Crippen LogP contribution >= 0.6 is 0 Å². The minimum Gasteiger partial charge on any atom is -0.311 e. The van der Waals surface area contributed by atoms with Crippen molar-refractivity contribution in [1.82, 2.24) is 10.6 Å². The average molecular weight is 238 g/mol. The first-order valence-electron chi connectivity index (χ1n) is 6.12. The van der Waals surface area contributed by atoms with Crippen molar-refractivity contribution in [3.05, 3.63) is 35.6 Å². The summed E-state index contributed by atoms with van der Waals surface area (Å²) in [5.74, 6) is -0.185. The molecule has 0 unspecified atom stereocenters. The number of rotatable bonds is 5. The zero-order valence-corrected chi connectivity index (χ0v) is 11.2. The van der Waals surface area contributed by atoms with Gasteiger partial charge in [-0.3, -0.25) is 0 Å². The van der Waals surface area contributed by atoms with Crippen LogP contribution in [0.4, 0.5) is 4.39 Å². The zero-order chi connectivity index (χ0) is 12.9. The van der Waals surface area contributed by atoms with E-state index >= 15 is 0 Å². The summed E-state index contributed by atoms with van der Waals surface area (Å²) in [5.41, 5.74) is 1.27. The van der Waals surface area contributed by atoms with E-state index in [0.717, 1.165) is 18.7 Å². The van der Waals surface area contributed by atoms with Gasteiger partial charge in [-0.1, -0.05) is 12.1 Å². The SMILES string of the molecule is C[C@@H](NCCNC(C)(C)C)c1ccc(F)cc1. The molecule has 0 aliphatic carbocycles. The van der Waals surface area contributed by atoms with Crippen LogP contribution in [-0.4, -0.2) is 18.6 Å². The van der Waals surface area contributed by atoms with Crippen LogP contribution in [-0.2, 0) is 0 Å².